The van der Waals surface area contributed by atoms with E-state index in [4.69, 9.17) is 16.1 Å². The summed E-state index contributed by atoms with van der Waals surface area (Å²) in [5.41, 5.74) is 0.209. The topological polar surface area (TPSA) is 88.3 Å². The lowest BCUT2D eigenvalue weighted by Gasteiger charge is -2.22. The zero-order valence-corrected chi connectivity index (χ0v) is 17.0. The Morgan fingerprint density at radius 2 is 1.96 bits per heavy atom. The molecule has 1 saturated heterocycles. The SMILES string of the molecule is C[C@@]1(c2cccc(Br)c2)NC(=O)N(Cc2noc(-c3ccc(Cl)cc3)n2)C1=O. The van der Waals surface area contributed by atoms with Gasteiger partial charge in [0.2, 0.25) is 0 Å². The summed E-state index contributed by atoms with van der Waals surface area (Å²) in [5.74, 6) is 0.133. The fraction of sp³-hybridized carbons (Fsp3) is 0.158. The molecule has 0 bridgehead atoms. The van der Waals surface area contributed by atoms with E-state index in [0.29, 0.717) is 16.1 Å². The molecule has 2 aromatic carbocycles. The molecule has 1 fully saturated rings. The molecule has 9 heteroatoms. The number of hydrogen-bond acceptors (Lipinski definition) is 5. The zero-order valence-electron chi connectivity index (χ0n) is 14.6. The number of nitrogens with one attached hydrogen (secondary N) is 1. The van der Waals surface area contributed by atoms with Gasteiger partial charge < -0.3 is 9.84 Å². The average Bonchev–Trinajstić information content (AvgIpc) is 3.22. The number of nitrogens with zero attached hydrogens (tertiary/aromatic N) is 3. The second-order valence-corrected chi connectivity index (χ2v) is 7.83. The van der Waals surface area contributed by atoms with Gasteiger partial charge in [0.25, 0.3) is 11.8 Å². The van der Waals surface area contributed by atoms with E-state index in [1.54, 1.807) is 43.3 Å². The number of carbonyl (C=O) groups is 2. The van der Waals surface area contributed by atoms with Gasteiger partial charge in [-0.25, -0.2) is 4.79 Å². The summed E-state index contributed by atoms with van der Waals surface area (Å²) in [4.78, 5) is 30.8. The van der Waals surface area contributed by atoms with Crippen LogP contribution < -0.4 is 5.32 Å². The largest absolute Gasteiger partial charge is 0.334 e. The van der Waals surface area contributed by atoms with Crippen LogP contribution in [0.15, 0.2) is 57.5 Å². The van der Waals surface area contributed by atoms with Gasteiger partial charge in [-0.3, -0.25) is 9.69 Å². The van der Waals surface area contributed by atoms with Gasteiger partial charge in [0.05, 0.1) is 6.54 Å². The summed E-state index contributed by atoms with van der Waals surface area (Å²) in [7, 11) is 0. The Hall–Kier alpha value is -2.71. The van der Waals surface area contributed by atoms with Crippen molar-refractivity contribution in [2.24, 2.45) is 0 Å². The Kier molecular flexibility index (Phi) is 4.68. The summed E-state index contributed by atoms with van der Waals surface area (Å²) >= 11 is 9.27. The maximum Gasteiger partial charge on any atom is 0.325 e. The molecule has 28 heavy (non-hydrogen) atoms. The Bertz CT molecular complexity index is 1070. The summed E-state index contributed by atoms with van der Waals surface area (Å²) in [6.45, 7) is 1.58. The number of carbonyl (C=O) groups excluding carboxylic acids is 2. The predicted octanol–water partition coefficient (Wildman–Crippen LogP) is 4.12. The molecule has 0 aliphatic carbocycles. The summed E-state index contributed by atoms with van der Waals surface area (Å²) in [6.07, 6.45) is 0. The van der Waals surface area contributed by atoms with Gasteiger partial charge in [-0.15, -0.1) is 0 Å². The van der Waals surface area contributed by atoms with E-state index in [-0.39, 0.29) is 24.2 Å². The third kappa shape index (κ3) is 3.29. The van der Waals surface area contributed by atoms with E-state index < -0.39 is 11.6 Å². The number of halogens is 2. The predicted molar refractivity (Wildman–Crippen MR) is 105 cm³/mol. The van der Waals surface area contributed by atoms with Crippen molar-refractivity contribution in [2.45, 2.75) is 19.0 Å². The maximum atomic E-state index is 13.0. The number of aromatic nitrogens is 2. The minimum Gasteiger partial charge on any atom is -0.334 e. The lowest BCUT2D eigenvalue weighted by molar-refractivity contribution is -0.131. The monoisotopic (exact) mass is 460 g/mol. The van der Waals surface area contributed by atoms with E-state index in [1.807, 2.05) is 12.1 Å². The highest BCUT2D eigenvalue weighted by Gasteiger charge is 2.49. The van der Waals surface area contributed by atoms with E-state index in [2.05, 4.69) is 31.4 Å². The lowest BCUT2D eigenvalue weighted by atomic mass is 9.92. The van der Waals surface area contributed by atoms with Crippen molar-refractivity contribution in [1.29, 1.82) is 0 Å². The van der Waals surface area contributed by atoms with Crippen LogP contribution in [0, 0.1) is 0 Å². The maximum absolute atomic E-state index is 13.0. The van der Waals surface area contributed by atoms with Gasteiger partial charge in [0.15, 0.2) is 5.82 Å². The van der Waals surface area contributed by atoms with Gasteiger partial charge in [0.1, 0.15) is 5.54 Å². The van der Waals surface area contributed by atoms with Gasteiger partial charge in [-0.2, -0.15) is 4.98 Å². The van der Waals surface area contributed by atoms with E-state index in [9.17, 15) is 9.59 Å². The molecule has 1 atom stereocenters. The molecule has 0 saturated carbocycles. The normalized spacial score (nSPS) is 19.2. The molecule has 7 nitrogen and oxygen atoms in total. The van der Waals surface area contributed by atoms with Crippen molar-refractivity contribution < 1.29 is 14.1 Å². The molecule has 142 valence electrons. The highest BCUT2D eigenvalue weighted by atomic mass is 79.9. The Morgan fingerprint density at radius 3 is 2.68 bits per heavy atom. The number of hydrogen-bond donors (Lipinski definition) is 1. The fourth-order valence-electron chi connectivity index (χ4n) is 3.01. The van der Waals surface area contributed by atoms with Crippen molar-refractivity contribution in [1.82, 2.24) is 20.4 Å². The number of urea groups is 1. The molecule has 1 aliphatic rings. The van der Waals surface area contributed by atoms with Crippen LogP contribution in [0.1, 0.15) is 18.3 Å². The van der Waals surface area contributed by atoms with E-state index in [0.717, 1.165) is 9.37 Å². The molecule has 3 amide bonds. The first kappa shape index (κ1) is 18.6. The second kappa shape index (κ2) is 7.03. The van der Waals surface area contributed by atoms with Gasteiger partial charge in [0, 0.05) is 15.1 Å². The average molecular weight is 462 g/mol. The van der Waals surface area contributed by atoms with Crippen molar-refractivity contribution in [2.75, 3.05) is 0 Å². The molecule has 1 aromatic heterocycles. The van der Waals surface area contributed by atoms with Gasteiger partial charge >= 0.3 is 6.03 Å². The molecule has 4 rings (SSSR count). The van der Waals surface area contributed by atoms with Crippen molar-refractivity contribution in [3.8, 4) is 11.5 Å². The van der Waals surface area contributed by atoms with Crippen LogP contribution >= 0.6 is 27.5 Å². The van der Waals surface area contributed by atoms with Crippen LogP contribution in [0.5, 0.6) is 0 Å². The highest BCUT2D eigenvalue weighted by Crippen LogP contribution is 2.31. The van der Waals surface area contributed by atoms with Crippen molar-refractivity contribution in [3.05, 3.63) is 69.4 Å². The fourth-order valence-corrected chi connectivity index (χ4v) is 3.53. The molecule has 1 N–H and O–H groups in total. The third-order valence-corrected chi connectivity index (χ3v) is 5.28. The van der Waals surface area contributed by atoms with Crippen molar-refractivity contribution >= 4 is 39.5 Å². The first-order valence-corrected chi connectivity index (χ1v) is 9.52. The minimum atomic E-state index is -1.16. The van der Waals surface area contributed by atoms with Crippen LogP contribution in [-0.4, -0.2) is 27.0 Å². The van der Waals surface area contributed by atoms with Crippen LogP contribution in [-0.2, 0) is 16.9 Å². The summed E-state index contributed by atoms with van der Waals surface area (Å²) < 4.78 is 6.06. The molecule has 0 radical (unpaired) electrons. The number of amides is 3. The molecule has 2 heterocycles. The first-order valence-electron chi connectivity index (χ1n) is 8.35. The van der Waals surface area contributed by atoms with Gasteiger partial charge in [-0.1, -0.05) is 44.8 Å². The lowest BCUT2D eigenvalue weighted by Crippen LogP contribution is -2.40. The molecule has 0 spiro atoms. The standard InChI is InChI=1S/C19H14BrClN4O3/c1-19(12-3-2-4-13(20)9-12)17(26)25(18(27)23-19)10-15-22-16(28-24-15)11-5-7-14(21)8-6-11/h2-9H,10H2,1H3,(H,23,27)/t19-/m0/s1. The van der Waals surface area contributed by atoms with Gasteiger partial charge in [-0.05, 0) is 48.9 Å². The molecule has 1 aliphatic heterocycles. The minimum absolute atomic E-state index is 0.0919. The summed E-state index contributed by atoms with van der Waals surface area (Å²) in [6, 6.07) is 13.7. The number of rotatable bonds is 4. The second-order valence-electron chi connectivity index (χ2n) is 6.48. The quantitative estimate of drug-likeness (QED) is 0.591. The smallest absolute Gasteiger partial charge is 0.325 e. The number of benzene rings is 2. The van der Waals surface area contributed by atoms with Crippen LogP contribution in [0.4, 0.5) is 4.79 Å². The molecule has 3 aromatic rings. The first-order chi connectivity index (χ1) is 13.4. The highest BCUT2D eigenvalue weighted by molar-refractivity contribution is 9.10. The summed E-state index contributed by atoms with van der Waals surface area (Å²) in [5, 5.41) is 7.23. The van der Waals surface area contributed by atoms with E-state index >= 15 is 0 Å². The van der Waals surface area contributed by atoms with E-state index in [1.165, 1.54) is 0 Å². The van der Waals surface area contributed by atoms with Crippen LogP contribution in [0.2, 0.25) is 5.02 Å². The van der Waals surface area contributed by atoms with Crippen molar-refractivity contribution in [3.63, 3.8) is 0 Å². The molecular weight excluding hydrogens is 448 g/mol. The Labute approximate surface area is 173 Å². The number of imide groups is 1. The molecule has 0 unspecified atom stereocenters. The zero-order chi connectivity index (χ0) is 19.9. The Morgan fingerprint density at radius 1 is 1.21 bits per heavy atom. The van der Waals surface area contributed by atoms with Crippen LogP contribution in [0.3, 0.4) is 0 Å². The van der Waals surface area contributed by atoms with Crippen LogP contribution in [0.25, 0.3) is 11.5 Å². The third-order valence-electron chi connectivity index (χ3n) is 4.54. The Balaban J connectivity index is 1.56. The molecular formula is C19H14BrClN4O3.